The molecule has 0 unspecified atom stereocenters. The number of rotatable bonds is 3. The summed E-state index contributed by atoms with van der Waals surface area (Å²) in [6.45, 7) is -1.80. The lowest BCUT2D eigenvalue weighted by atomic mass is 10.1. The van der Waals surface area contributed by atoms with E-state index in [4.69, 9.17) is 5.73 Å². The van der Waals surface area contributed by atoms with Crippen LogP contribution in [0.25, 0.3) is 0 Å². The highest BCUT2D eigenvalue weighted by atomic mass is 19.3. The van der Waals surface area contributed by atoms with Crippen LogP contribution in [0.5, 0.6) is 0 Å². The van der Waals surface area contributed by atoms with Gasteiger partial charge in [-0.05, 0) is 12.1 Å². The van der Waals surface area contributed by atoms with E-state index in [9.17, 15) is 18.0 Å². The lowest BCUT2D eigenvalue weighted by Crippen LogP contribution is -2.18. The van der Waals surface area contributed by atoms with Gasteiger partial charge in [0.25, 0.3) is 0 Å². The third-order valence-corrected chi connectivity index (χ3v) is 1.74. The van der Waals surface area contributed by atoms with Crippen LogP contribution in [0.15, 0.2) is 24.3 Å². The second kappa shape index (κ2) is 3.69. The van der Waals surface area contributed by atoms with Gasteiger partial charge in [0.2, 0.25) is 5.91 Å². The average Bonchev–Trinajstić information content (AvgIpc) is 2.18. The fourth-order valence-corrected chi connectivity index (χ4v) is 0.977. The maximum Gasteiger partial charge on any atom is 0.301 e. The van der Waals surface area contributed by atoms with Crippen molar-refractivity contribution >= 4 is 5.91 Å². The molecule has 2 nitrogen and oxygen atoms in total. The van der Waals surface area contributed by atoms with E-state index in [1.165, 1.54) is 12.1 Å². The van der Waals surface area contributed by atoms with E-state index in [0.29, 0.717) is 0 Å². The standard InChI is InChI=1S/C9H8F3NO/c10-5-9(11,12)7-3-1-2-6(4-7)8(13)14/h1-4H,5H2,(H2,13,14). The Bertz CT molecular complexity index is 352. The monoisotopic (exact) mass is 203 g/mol. The molecule has 1 aromatic rings. The van der Waals surface area contributed by atoms with Gasteiger partial charge in [-0.25, -0.2) is 4.39 Å². The highest BCUT2D eigenvalue weighted by Crippen LogP contribution is 2.28. The Morgan fingerprint density at radius 1 is 1.43 bits per heavy atom. The number of nitrogens with two attached hydrogens (primary N) is 1. The minimum Gasteiger partial charge on any atom is -0.366 e. The van der Waals surface area contributed by atoms with Crippen LogP contribution < -0.4 is 5.73 Å². The summed E-state index contributed by atoms with van der Waals surface area (Å²) >= 11 is 0. The maximum atomic E-state index is 12.8. The molecule has 0 aromatic heterocycles. The third-order valence-electron chi connectivity index (χ3n) is 1.74. The minimum atomic E-state index is -3.56. The van der Waals surface area contributed by atoms with E-state index in [1.54, 1.807) is 0 Å². The van der Waals surface area contributed by atoms with Gasteiger partial charge in [-0.2, -0.15) is 8.78 Å². The number of hydrogen-bond donors (Lipinski definition) is 1. The largest absolute Gasteiger partial charge is 0.366 e. The molecule has 0 aliphatic heterocycles. The SMILES string of the molecule is NC(=O)c1cccc(C(F)(F)CF)c1. The number of amides is 1. The maximum absolute atomic E-state index is 12.8. The Balaban J connectivity index is 3.12. The zero-order valence-electron chi connectivity index (χ0n) is 7.14. The summed E-state index contributed by atoms with van der Waals surface area (Å²) in [6, 6.07) is 4.47. The molecule has 76 valence electrons. The highest BCUT2D eigenvalue weighted by molar-refractivity contribution is 5.92. The summed E-state index contributed by atoms with van der Waals surface area (Å²) in [7, 11) is 0. The molecule has 14 heavy (non-hydrogen) atoms. The summed E-state index contributed by atoms with van der Waals surface area (Å²) in [5, 5.41) is 0. The Hall–Kier alpha value is -1.52. The van der Waals surface area contributed by atoms with Crippen molar-refractivity contribution in [3.8, 4) is 0 Å². The lowest BCUT2D eigenvalue weighted by molar-refractivity contribution is -0.0281. The topological polar surface area (TPSA) is 43.1 Å². The van der Waals surface area contributed by atoms with Crippen LogP contribution in [0.1, 0.15) is 15.9 Å². The summed E-state index contributed by atoms with van der Waals surface area (Å²) in [5.74, 6) is -4.38. The predicted molar refractivity (Wildman–Crippen MR) is 44.8 cm³/mol. The van der Waals surface area contributed by atoms with E-state index in [0.717, 1.165) is 12.1 Å². The Labute approximate surface area is 78.5 Å². The average molecular weight is 203 g/mol. The summed E-state index contributed by atoms with van der Waals surface area (Å²) in [5.41, 5.74) is 4.29. The number of halogens is 3. The molecule has 2 N–H and O–H groups in total. The van der Waals surface area contributed by atoms with E-state index >= 15 is 0 Å². The van der Waals surface area contributed by atoms with Crippen LogP contribution in [-0.2, 0) is 5.92 Å². The Morgan fingerprint density at radius 2 is 2.07 bits per heavy atom. The summed E-state index contributed by atoms with van der Waals surface area (Å²) in [4.78, 5) is 10.7. The van der Waals surface area contributed by atoms with Gasteiger partial charge in [-0.15, -0.1) is 0 Å². The predicted octanol–water partition coefficient (Wildman–Crippen LogP) is 1.85. The fraction of sp³-hybridized carbons (Fsp3) is 0.222. The molecule has 0 spiro atoms. The summed E-state index contributed by atoms with van der Waals surface area (Å²) < 4.78 is 37.5. The van der Waals surface area contributed by atoms with Gasteiger partial charge < -0.3 is 5.73 Å². The number of carbonyl (C=O) groups is 1. The molecule has 1 aromatic carbocycles. The van der Waals surface area contributed by atoms with Gasteiger partial charge in [0.05, 0.1) is 0 Å². The van der Waals surface area contributed by atoms with Gasteiger partial charge >= 0.3 is 5.92 Å². The second-order valence-corrected chi connectivity index (χ2v) is 2.78. The van der Waals surface area contributed by atoms with Crippen LogP contribution in [0.4, 0.5) is 13.2 Å². The van der Waals surface area contributed by atoms with Crippen molar-refractivity contribution in [3.63, 3.8) is 0 Å². The molecular weight excluding hydrogens is 195 g/mol. The van der Waals surface area contributed by atoms with Crippen molar-refractivity contribution in [2.75, 3.05) is 6.67 Å². The highest BCUT2D eigenvalue weighted by Gasteiger charge is 2.31. The molecule has 0 radical (unpaired) electrons. The minimum absolute atomic E-state index is 0.0596. The number of primary amides is 1. The molecule has 0 saturated carbocycles. The van der Waals surface area contributed by atoms with Crippen molar-refractivity contribution in [2.45, 2.75) is 5.92 Å². The molecule has 0 aliphatic rings. The molecule has 1 amide bonds. The fourth-order valence-electron chi connectivity index (χ4n) is 0.977. The zero-order valence-corrected chi connectivity index (χ0v) is 7.14. The van der Waals surface area contributed by atoms with Crippen LogP contribution in [-0.4, -0.2) is 12.6 Å². The third kappa shape index (κ3) is 2.04. The van der Waals surface area contributed by atoms with Crippen molar-refractivity contribution < 1.29 is 18.0 Å². The van der Waals surface area contributed by atoms with Gasteiger partial charge in [-0.3, -0.25) is 4.79 Å². The quantitative estimate of drug-likeness (QED) is 0.800. The molecule has 1 rings (SSSR count). The summed E-state index contributed by atoms with van der Waals surface area (Å²) in [6.07, 6.45) is 0. The Kier molecular flexibility index (Phi) is 2.78. The number of alkyl halides is 3. The van der Waals surface area contributed by atoms with E-state index in [-0.39, 0.29) is 5.56 Å². The molecule has 0 fully saturated rings. The van der Waals surface area contributed by atoms with Gasteiger partial charge in [0.15, 0.2) is 6.67 Å². The molecule has 0 bridgehead atoms. The Morgan fingerprint density at radius 3 is 2.57 bits per heavy atom. The molecule has 0 saturated heterocycles. The van der Waals surface area contributed by atoms with E-state index < -0.39 is 24.1 Å². The normalized spacial score (nSPS) is 11.4. The smallest absolute Gasteiger partial charge is 0.301 e. The molecule has 0 atom stereocenters. The van der Waals surface area contributed by atoms with Crippen LogP contribution in [0.3, 0.4) is 0 Å². The van der Waals surface area contributed by atoms with E-state index in [2.05, 4.69) is 0 Å². The van der Waals surface area contributed by atoms with Crippen molar-refractivity contribution in [3.05, 3.63) is 35.4 Å². The first-order chi connectivity index (χ1) is 6.47. The molecular formula is C9H8F3NO. The van der Waals surface area contributed by atoms with E-state index in [1.807, 2.05) is 0 Å². The lowest BCUT2D eigenvalue weighted by Gasteiger charge is -2.12. The van der Waals surface area contributed by atoms with Crippen molar-refractivity contribution in [2.24, 2.45) is 5.73 Å². The molecule has 0 aliphatic carbocycles. The number of hydrogen-bond acceptors (Lipinski definition) is 1. The zero-order chi connectivity index (χ0) is 10.8. The van der Waals surface area contributed by atoms with Crippen LogP contribution >= 0.6 is 0 Å². The first kappa shape index (κ1) is 10.6. The second-order valence-electron chi connectivity index (χ2n) is 2.78. The number of benzene rings is 1. The van der Waals surface area contributed by atoms with Gasteiger partial charge in [-0.1, -0.05) is 12.1 Å². The number of carbonyl (C=O) groups excluding carboxylic acids is 1. The molecule has 0 heterocycles. The first-order valence-corrected chi connectivity index (χ1v) is 3.81. The van der Waals surface area contributed by atoms with Gasteiger partial charge in [0.1, 0.15) is 0 Å². The van der Waals surface area contributed by atoms with Crippen LogP contribution in [0.2, 0.25) is 0 Å². The van der Waals surface area contributed by atoms with Crippen molar-refractivity contribution in [1.29, 1.82) is 0 Å². The molecule has 5 heteroatoms. The first-order valence-electron chi connectivity index (χ1n) is 3.81. The van der Waals surface area contributed by atoms with Gasteiger partial charge in [0, 0.05) is 11.1 Å². The van der Waals surface area contributed by atoms with Crippen molar-refractivity contribution in [1.82, 2.24) is 0 Å². The van der Waals surface area contributed by atoms with Crippen LogP contribution in [0, 0.1) is 0 Å².